The molecule has 3 rings (SSSR count). The van der Waals surface area contributed by atoms with Crippen molar-refractivity contribution in [2.24, 2.45) is 11.8 Å². The summed E-state index contributed by atoms with van der Waals surface area (Å²) in [7, 11) is 0. The lowest BCUT2D eigenvalue weighted by atomic mass is 9.93. The van der Waals surface area contributed by atoms with Crippen molar-refractivity contribution < 1.29 is 10.2 Å². The molecule has 1 aromatic heterocycles. The van der Waals surface area contributed by atoms with Crippen LogP contribution >= 0.6 is 0 Å². The van der Waals surface area contributed by atoms with E-state index in [0.717, 1.165) is 63.5 Å². The fraction of sp³-hybridized carbons (Fsp3) is 0.778. The second kappa shape index (κ2) is 7.66. The quantitative estimate of drug-likeness (QED) is 0.873. The summed E-state index contributed by atoms with van der Waals surface area (Å²) < 4.78 is 0. The molecule has 2 fully saturated rings. The number of rotatable bonds is 4. The van der Waals surface area contributed by atoms with Crippen LogP contribution in [0.5, 0.6) is 0 Å². The topological polar surface area (TPSA) is 72.7 Å². The summed E-state index contributed by atoms with van der Waals surface area (Å²) in [5.41, 5.74) is 0. The van der Waals surface area contributed by atoms with Gasteiger partial charge in [-0.25, -0.2) is 9.97 Å². The average molecular weight is 334 g/mol. The van der Waals surface area contributed by atoms with E-state index in [1.807, 2.05) is 13.8 Å². The minimum atomic E-state index is -0.275. The third-order valence-electron chi connectivity index (χ3n) is 5.57. The third-order valence-corrected chi connectivity index (χ3v) is 5.57. The number of hydrogen-bond donors (Lipinski definition) is 2. The molecule has 0 amide bonds. The summed E-state index contributed by atoms with van der Waals surface area (Å²) in [4.78, 5) is 13.5. The Kier molecular flexibility index (Phi) is 5.56. The zero-order valence-electron chi connectivity index (χ0n) is 14.8. The van der Waals surface area contributed by atoms with Crippen LogP contribution < -0.4 is 9.80 Å². The van der Waals surface area contributed by atoms with Crippen LogP contribution in [0.1, 0.15) is 39.5 Å². The van der Waals surface area contributed by atoms with Gasteiger partial charge in [0.25, 0.3) is 0 Å². The third kappa shape index (κ3) is 3.98. The first kappa shape index (κ1) is 17.4. The van der Waals surface area contributed by atoms with E-state index in [0.29, 0.717) is 11.8 Å². The van der Waals surface area contributed by atoms with Crippen LogP contribution in [0.15, 0.2) is 12.4 Å². The van der Waals surface area contributed by atoms with Gasteiger partial charge >= 0.3 is 0 Å². The van der Waals surface area contributed by atoms with Crippen molar-refractivity contribution in [2.75, 3.05) is 36.0 Å². The zero-order chi connectivity index (χ0) is 17.1. The van der Waals surface area contributed by atoms with E-state index in [1.165, 1.54) is 0 Å². The number of aliphatic hydroxyl groups excluding tert-OH is 2. The van der Waals surface area contributed by atoms with E-state index in [2.05, 4.69) is 25.8 Å². The molecule has 24 heavy (non-hydrogen) atoms. The van der Waals surface area contributed by atoms with Gasteiger partial charge in [-0.3, -0.25) is 0 Å². The number of aromatic nitrogens is 2. The van der Waals surface area contributed by atoms with E-state index in [9.17, 15) is 10.2 Å². The molecule has 0 aliphatic carbocycles. The van der Waals surface area contributed by atoms with Gasteiger partial charge in [-0.2, -0.15) is 0 Å². The van der Waals surface area contributed by atoms with Crippen LogP contribution in [0.2, 0.25) is 0 Å². The SMILES string of the molecule is C[C@H](O)[C@H]1CCCN(c2cc(N3CCC[C@@H]([C@@H](C)O)C3)ncn2)C1. The molecule has 0 aromatic carbocycles. The van der Waals surface area contributed by atoms with Crippen molar-refractivity contribution in [3.05, 3.63) is 12.4 Å². The number of nitrogens with zero attached hydrogens (tertiary/aromatic N) is 4. The van der Waals surface area contributed by atoms with Crippen molar-refractivity contribution >= 4 is 11.6 Å². The smallest absolute Gasteiger partial charge is 0.134 e. The van der Waals surface area contributed by atoms with Crippen molar-refractivity contribution in [3.8, 4) is 0 Å². The molecule has 0 unspecified atom stereocenters. The molecule has 0 radical (unpaired) electrons. The van der Waals surface area contributed by atoms with Crippen molar-refractivity contribution in [3.63, 3.8) is 0 Å². The fourth-order valence-corrected chi connectivity index (χ4v) is 3.91. The molecular formula is C18H30N4O2. The van der Waals surface area contributed by atoms with Crippen molar-refractivity contribution in [1.82, 2.24) is 9.97 Å². The van der Waals surface area contributed by atoms with Crippen LogP contribution in [0.4, 0.5) is 11.6 Å². The molecule has 2 N–H and O–H groups in total. The van der Waals surface area contributed by atoms with Crippen LogP contribution in [-0.2, 0) is 0 Å². The Labute approximate surface area is 144 Å². The first-order chi connectivity index (χ1) is 11.5. The highest BCUT2D eigenvalue weighted by Crippen LogP contribution is 2.28. The maximum absolute atomic E-state index is 9.89. The Morgan fingerprint density at radius 3 is 1.79 bits per heavy atom. The molecular weight excluding hydrogens is 304 g/mol. The minimum absolute atomic E-state index is 0.275. The van der Waals surface area contributed by atoms with Gasteiger partial charge in [-0.15, -0.1) is 0 Å². The zero-order valence-corrected chi connectivity index (χ0v) is 14.8. The highest BCUT2D eigenvalue weighted by Gasteiger charge is 2.27. The van der Waals surface area contributed by atoms with Gasteiger partial charge in [0.05, 0.1) is 12.2 Å². The number of aliphatic hydroxyl groups is 2. The summed E-state index contributed by atoms with van der Waals surface area (Å²) in [5, 5.41) is 19.8. The lowest BCUT2D eigenvalue weighted by molar-refractivity contribution is 0.115. The Balaban J connectivity index is 1.72. The van der Waals surface area contributed by atoms with E-state index in [4.69, 9.17) is 0 Å². The first-order valence-corrected chi connectivity index (χ1v) is 9.22. The molecule has 0 spiro atoms. The fourth-order valence-electron chi connectivity index (χ4n) is 3.91. The van der Waals surface area contributed by atoms with E-state index in [-0.39, 0.29) is 12.2 Å². The molecule has 2 saturated heterocycles. The number of piperidine rings is 2. The highest BCUT2D eigenvalue weighted by atomic mass is 16.3. The largest absolute Gasteiger partial charge is 0.393 e. The Morgan fingerprint density at radius 1 is 0.917 bits per heavy atom. The maximum atomic E-state index is 9.89. The second-order valence-electron chi connectivity index (χ2n) is 7.41. The molecule has 6 heteroatoms. The summed E-state index contributed by atoms with van der Waals surface area (Å²) >= 11 is 0. The lowest BCUT2D eigenvalue weighted by Crippen LogP contribution is -2.41. The lowest BCUT2D eigenvalue weighted by Gasteiger charge is -2.37. The Bertz CT molecular complexity index is 494. The van der Waals surface area contributed by atoms with E-state index < -0.39 is 0 Å². The van der Waals surface area contributed by atoms with Crippen LogP contribution in [0.25, 0.3) is 0 Å². The minimum Gasteiger partial charge on any atom is -0.393 e. The number of anilines is 2. The van der Waals surface area contributed by atoms with Gasteiger partial charge in [0.15, 0.2) is 0 Å². The van der Waals surface area contributed by atoms with E-state index >= 15 is 0 Å². The van der Waals surface area contributed by atoms with Gasteiger partial charge in [-0.1, -0.05) is 0 Å². The highest BCUT2D eigenvalue weighted by molar-refractivity contribution is 5.50. The monoisotopic (exact) mass is 334 g/mol. The average Bonchev–Trinajstić information content (AvgIpc) is 2.62. The number of hydrogen-bond acceptors (Lipinski definition) is 6. The maximum Gasteiger partial charge on any atom is 0.134 e. The molecule has 0 saturated carbocycles. The van der Waals surface area contributed by atoms with E-state index in [1.54, 1.807) is 6.33 Å². The van der Waals surface area contributed by atoms with Crippen molar-refractivity contribution in [1.29, 1.82) is 0 Å². The summed E-state index contributed by atoms with van der Waals surface area (Å²) in [6.45, 7) is 7.42. The molecule has 2 aliphatic rings. The van der Waals surface area contributed by atoms with Crippen LogP contribution in [0, 0.1) is 11.8 Å². The predicted octanol–water partition coefficient (Wildman–Crippen LogP) is 1.67. The van der Waals surface area contributed by atoms with Gasteiger partial charge in [0.1, 0.15) is 18.0 Å². The summed E-state index contributed by atoms with van der Waals surface area (Å²) in [6, 6.07) is 2.06. The molecule has 6 nitrogen and oxygen atoms in total. The molecule has 2 aliphatic heterocycles. The summed E-state index contributed by atoms with van der Waals surface area (Å²) in [6.07, 6.45) is 5.42. The van der Waals surface area contributed by atoms with Crippen molar-refractivity contribution in [2.45, 2.75) is 51.7 Å². The predicted molar refractivity (Wildman–Crippen MR) is 95.3 cm³/mol. The van der Waals surface area contributed by atoms with Gasteiger partial charge in [0, 0.05) is 44.1 Å². The van der Waals surface area contributed by atoms with Crippen LogP contribution in [-0.4, -0.2) is 58.6 Å². The standard InChI is InChI=1S/C18H30N4O2/c1-13(23)15-5-3-7-21(10-15)17-9-18(20-12-19-17)22-8-4-6-16(11-22)14(2)24/h9,12-16,23-24H,3-8,10-11H2,1-2H3/t13-,14+,15-,16+. The second-order valence-corrected chi connectivity index (χ2v) is 7.41. The molecule has 0 bridgehead atoms. The van der Waals surface area contributed by atoms with Gasteiger partial charge < -0.3 is 20.0 Å². The van der Waals surface area contributed by atoms with Gasteiger partial charge in [-0.05, 0) is 39.5 Å². The molecule has 3 heterocycles. The Morgan fingerprint density at radius 2 is 1.38 bits per heavy atom. The molecule has 134 valence electrons. The summed E-state index contributed by atoms with van der Waals surface area (Å²) in [5.74, 6) is 2.52. The van der Waals surface area contributed by atoms with Crippen LogP contribution in [0.3, 0.4) is 0 Å². The van der Waals surface area contributed by atoms with Gasteiger partial charge in [0.2, 0.25) is 0 Å². The Hall–Kier alpha value is -1.40. The molecule has 1 aromatic rings. The first-order valence-electron chi connectivity index (χ1n) is 9.22. The normalized spacial score (nSPS) is 27.8. The molecule has 4 atom stereocenters.